The molecule has 0 bridgehead atoms. The lowest BCUT2D eigenvalue weighted by Gasteiger charge is -2.20. The number of methoxy groups -OCH3 is 1. The Morgan fingerprint density at radius 1 is 1.16 bits per heavy atom. The molecule has 1 N–H and O–H groups in total. The lowest BCUT2D eigenvalue weighted by atomic mass is 10.1. The molecule has 1 aromatic heterocycles. The average Bonchev–Trinajstić information content (AvgIpc) is 2.85. The van der Waals surface area contributed by atoms with Crippen LogP contribution in [0.2, 0.25) is 0 Å². The molecule has 0 spiro atoms. The summed E-state index contributed by atoms with van der Waals surface area (Å²) in [6.07, 6.45) is 3.79. The van der Waals surface area contributed by atoms with Gasteiger partial charge in [-0.2, -0.15) is 0 Å². The molecule has 2 atom stereocenters. The molecule has 4 heteroatoms. The van der Waals surface area contributed by atoms with Gasteiger partial charge in [0.25, 0.3) is 0 Å². The van der Waals surface area contributed by atoms with Crippen LogP contribution in [0.1, 0.15) is 37.3 Å². The zero-order valence-corrected chi connectivity index (χ0v) is 11.9. The lowest BCUT2D eigenvalue weighted by Crippen LogP contribution is -2.24. The van der Waals surface area contributed by atoms with Gasteiger partial charge in [-0.05, 0) is 31.5 Å². The van der Waals surface area contributed by atoms with Crippen LogP contribution in [0.15, 0.2) is 36.7 Å². The lowest BCUT2D eigenvalue weighted by molar-refractivity contribution is 0.414. The fraction of sp³-hybridized carbons (Fsp3) is 0.400. The monoisotopic (exact) mass is 259 g/mol. The number of aryl methyl sites for hydroxylation is 1. The summed E-state index contributed by atoms with van der Waals surface area (Å²) in [6.45, 7) is 4.28. The summed E-state index contributed by atoms with van der Waals surface area (Å²) in [5, 5.41) is 3.55. The molecular formula is C15H21N3O. The van der Waals surface area contributed by atoms with Crippen molar-refractivity contribution < 1.29 is 4.74 Å². The van der Waals surface area contributed by atoms with Crippen molar-refractivity contribution in [3.8, 4) is 5.75 Å². The molecule has 1 heterocycles. The molecule has 1 aromatic carbocycles. The Morgan fingerprint density at radius 2 is 1.84 bits per heavy atom. The van der Waals surface area contributed by atoms with E-state index in [1.807, 2.05) is 36.1 Å². The Hall–Kier alpha value is -1.81. The van der Waals surface area contributed by atoms with Crippen LogP contribution in [0.5, 0.6) is 5.75 Å². The number of benzene rings is 1. The summed E-state index contributed by atoms with van der Waals surface area (Å²) < 4.78 is 7.21. The molecule has 0 aliphatic heterocycles. The van der Waals surface area contributed by atoms with Crippen LogP contribution in [0.4, 0.5) is 0 Å². The number of hydrogen-bond donors (Lipinski definition) is 1. The SMILES string of the molecule is COc1ccc(C(C)NC(C)c2nccn2C)cc1. The Bertz CT molecular complexity index is 518. The van der Waals surface area contributed by atoms with Gasteiger partial charge in [0.15, 0.2) is 0 Å². The standard InChI is InChI=1S/C15H21N3O/c1-11(13-5-7-14(19-4)8-6-13)17-12(2)15-16-9-10-18(15)3/h5-12,17H,1-4H3. The number of rotatable bonds is 5. The van der Waals surface area contributed by atoms with Gasteiger partial charge in [-0.3, -0.25) is 0 Å². The predicted octanol–water partition coefficient (Wildman–Crippen LogP) is 2.84. The summed E-state index contributed by atoms with van der Waals surface area (Å²) >= 11 is 0. The quantitative estimate of drug-likeness (QED) is 0.897. The molecular weight excluding hydrogens is 238 g/mol. The highest BCUT2D eigenvalue weighted by molar-refractivity contribution is 5.28. The van der Waals surface area contributed by atoms with E-state index < -0.39 is 0 Å². The van der Waals surface area contributed by atoms with Gasteiger partial charge in [0.2, 0.25) is 0 Å². The van der Waals surface area contributed by atoms with Crippen molar-refractivity contribution in [3.63, 3.8) is 0 Å². The van der Waals surface area contributed by atoms with Crippen LogP contribution in [0.25, 0.3) is 0 Å². The van der Waals surface area contributed by atoms with Gasteiger partial charge < -0.3 is 14.6 Å². The first-order valence-electron chi connectivity index (χ1n) is 6.49. The van der Waals surface area contributed by atoms with E-state index in [1.165, 1.54) is 5.56 Å². The first-order valence-corrected chi connectivity index (χ1v) is 6.49. The molecule has 0 aliphatic carbocycles. The maximum absolute atomic E-state index is 5.17. The number of nitrogens with one attached hydrogen (secondary N) is 1. The number of nitrogens with zero attached hydrogens (tertiary/aromatic N) is 2. The van der Waals surface area contributed by atoms with Crippen molar-refractivity contribution >= 4 is 0 Å². The maximum atomic E-state index is 5.17. The van der Waals surface area contributed by atoms with Crippen molar-refractivity contribution in [1.82, 2.24) is 14.9 Å². The van der Waals surface area contributed by atoms with Crippen LogP contribution >= 0.6 is 0 Å². The second-order valence-corrected chi connectivity index (χ2v) is 4.78. The van der Waals surface area contributed by atoms with Crippen LogP contribution in [-0.2, 0) is 7.05 Å². The summed E-state index contributed by atoms with van der Waals surface area (Å²) in [6, 6.07) is 8.61. The normalized spacial score (nSPS) is 14.1. The van der Waals surface area contributed by atoms with Gasteiger partial charge in [0.1, 0.15) is 11.6 Å². The fourth-order valence-corrected chi connectivity index (χ4v) is 2.23. The highest BCUT2D eigenvalue weighted by Crippen LogP contribution is 2.20. The number of hydrogen-bond acceptors (Lipinski definition) is 3. The molecule has 0 saturated carbocycles. The number of ether oxygens (including phenoxy) is 1. The van der Waals surface area contributed by atoms with E-state index in [0.717, 1.165) is 11.6 Å². The van der Waals surface area contributed by atoms with E-state index in [9.17, 15) is 0 Å². The molecule has 2 unspecified atom stereocenters. The predicted molar refractivity (Wildman–Crippen MR) is 76.2 cm³/mol. The molecule has 19 heavy (non-hydrogen) atoms. The Labute approximate surface area is 114 Å². The van der Waals surface area contributed by atoms with Crippen LogP contribution in [-0.4, -0.2) is 16.7 Å². The second-order valence-electron chi connectivity index (χ2n) is 4.78. The van der Waals surface area contributed by atoms with Crippen molar-refractivity contribution in [1.29, 1.82) is 0 Å². The molecule has 0 saturated heterocycles. The van der Waals surface area contributed by atoms with Gasteiger partial charge in [0.05, 0.1) is 13.2 Å². The summed E-state index contributed by atoms with van der Waals surface area (Å²) in [4.78, 5) is 4.37. The van der Waals surface area contributed by atoms with Gasteiger partial charge in [0, 0.05) is 25.5 Å². The third-order valence-electron chi connectivity index (χ3n) is 3.36. The third kappa shape index (κ3) is 3.15. The highest BCUT2D eigenvalue weighted by Gasteiger charge is 2.14. The average molecular weight is 259 g/mol. The minimum absolute atomic E-state index is 0.206. The molecule has 0 aliphatic rings. The van der Waals surface area contributed by atoms with E-state index in [-0.39, 0.29) is 12.1 Å². The second kappa shape index (κ2) is 5.89. The number of aromatic nitrogens is 2. The van der Waals surface area contributed by atoms with Crippen molar-refractivity contribution in [3.05, 3.63) is 48.0 Å². The van der Waals surface area contributed by atoms with E-state index in [2.05, 4.69) is 36.3 Å². The minimum atomic E-state index is 0.206. The molecule has 0 amide bonds. The van der Waals surface area contributed by atoms with Gasteiger partial charge in [-0.25, -0.2) is 4.98 Å². The largest absolute Gasteiger partial charge is 0.497 e. The molecule has 102 valence electrons. The topological polar surface area (TPSA) is 39.1 Å². The molecule has 2 rings (SSSR count). The highest BCUT2D eigenvalue weighted by atomic mass is 16.5. The maximum Gasteiger partial charge on any atom is 0.125 e. The fourth-order valence-electron chi connectivity index (χ4n) is 2.23. The summed E-state index contributed by atoms with van der Waals surface area (Å²) in [5.74, 6) is 1.92. The van der Waals surface area contributed by atoms with Crippen LogP contribution < -0.4 is 10.1 Å². The zero-order chi connectivity index (χ0) is 13.8. The Kier molecular flexibility index (Phi) is 4.22. The van der Waals surface area contributed by atoms with Gasteiger partial charge in [-0.1, -0.05) is 12.1 Å². The molecule has 0 radical (unpaired) electrons. The molecule has 0 fully saturated rings. The first kappa shape index (κ1) is 13.6. The van der Waals surface area contributed by atoms with Crippen LogP contribution in [0.3, 0.4) is 0 Å². The van der Waals surface area contributed by atoms with Crippen molar-refractivity contribution in [2.45, 2.75) is 25.9 Å². The molecule has 4 nitrogen and oxygen atoms in total. The van der Waals surface area contributed by atoms with Gasteiger partial charge in [-0.15, -0.1) is 0 Å². The minimum Gasteiger partial charge on any atom is -0.497 e. The van der Waals surface area contributed by atoms with Crippen molar-refractivity contribution in [2.24, 2.45) is 7.05 Å². The third-order valence-corrected chi connectivity index (χ3v) is 3.36. The first-order chi connectivity index (χ1) is 9.11. The van der Waals surface area contributed by atoms with E-state index in [0.29, 0.717) is 0 Å². The Balaban J connectivity index is 2.04. The van der Waals surface area contributed by atoms with Gasteiger partial charge >= 0.3 is 0 Å². The van der Waals surface area contributed by atoms with Crippen molar-refractivity contribution in [2.75, 3.05) is 7.11 Å². The summed E-state index contributed by atoms with van der Waals surface area (Å²) in [7, 11) is 3.69. The smallest absolute Gasteiger partial charge is 0.125 e. The zero-order valence-electron chi connectivity index (χ0n) is 11.9. The molecule has 2 aromatic rings. The van der Waals surface area contributed by atoms with E-state index >= 15 is 0 Å². The van der Waals surface area contributed by atoms with Crippen LogP contribution in [0, 0.1) is 0 Å². The summed E-state index contributed by atoms with van der Waals surface area (Å²) in [5.41, 5.74) is 1.24. The number of imidazole rings is 1. The van der Waals surface area contributed by atoms with E-state index in [4.69, 9.17) is 4.74 Å². The Morgan fingerprint density at radius 3 is 2.37 bits per heavy atom. The van der Waals surface area contributed by atoms with E-state index in [1.54, 1.807) is 7.11 Å².